The Morgan fingerprint density at radius 3 is 2.68 bits per heavy atom. The van der Waals surface area contributed by atoms with Crippen LogP contribution in [0.1, 0.15) is 18.6 Å². The van der Waals surface area contributed by atoms with E-state index >= 15 is 0 Å². The van der Waals surface area contributed by atoms with Crippen LogP contribution in [0.25, 0.3) is 17.3 Å². The minimum absolute atomic E-state index is 0.158. The summed E-state index contributed by atoms with van der Waals surface area (Å²) in [5.41, 5.74) is 1.15. The number of oxazole rings is 1. The van der Waals surface area contributed by atoms with Crippen molar-refractivity contribution in [1.82, 2.24) is 19.7 Å². The van der Waals surface area contributed by atoms with Gasteiger partial charge in [0.15, 0.2) is 0 Å². The van der Waals surface area contributed by atoms with Crippen LogP contribution in [0.5, 0.6) is 0 Å². The molecule has 0 spiro atoms. The van der Waals surface area contributed by atoms with Crippen LogP contribution in [-0.4, -0.2) is 30.8 Å². The number of aromatic nitrogens is 4. The zero-order chi connectivity index (χ0) is 15.7. The molecule has 1 N–H and O–H groups in total. The van der Waals surface area contributed by atoms with E-state index < -0.39 is 11.9 Å². The molecule has 1 atom stereocenters. The first-order chi connectivity index (χ1) is 10.6. The van der Waals surface area contributed by atoms with Crippen LogP contribution in [0.15, 0.2) is 41.3 Å². The molecule has 0 aliphatic rings. The monoisotopic (exact) mass is 318 g/mol. The maximum Gasteiger partial charge on any atom is 0.325 e. The van der Waals surface area contributed by atoms with E-state index in [0.717, 1.165) is 0 Å². The SMILES string of the molecule is CC(C(=O)O)c1oc(-n2cncn2)nc1-c1ccc(Cl)cc1. The maximum atomic E-state index is 11.3. The lowest BCUT2D eigenvalue weighted by Crippen LogP contribution is -2.07. The highest BCUT2D eigenvalue weighted by Gasteiger charge is 2.26. The molecule has 2 heterocycles. The molecular formula is C14H11ClN4O3. The average molecular weight is 319 g/mol. The molecule has 112 valence electrons. The van der Waals surface area contributed by atoms with Crippen molar-refractivity contribution in [1.29, 1.82) is 0 Å². The largest absolute Gasteiger partial charge is 0.481 e. The molecule has 7 nitrogen and oxygen atoms in total. The van der Waals surface area contributed by atoms with Crippen molar-refractivity contribution in [3.05, 3.63) is 47.7 Å². The van der Waals surface area contributed by atoms with Gasteiger partial charge in [0.25, 0.3) is 0 Å². The number of carboxylic acid groups (broad SMARTS) is 1. The Morgan fingerprint density at radius 1 is 1.36 bits per heavy atom. The van der Waals surface area contributed by atoms with Gasteiger partial charge in [-0.3, -0.25) is 4.79 Å². The van der Waals surface area contributed by atoms with Gasteiger partial charge in [0.05, 0.1) is 0 Å². The summed E-state index contributed by atoms with van der Waals surface area (Å²) in [7, 11) is 0. The lowest BCUT2D eigenvalue weighted by Gasteiger charge is -2.05. The van der Waals surface area contributed by atoms with Crippen molar-refractivity contribution < 1.29 is 14.3 Å². The van der Waals surface area contributed by atoms with Crippen molar-refractivity contribution in [3.8, 4) is 17.3 Å². The van der Waals surface area contributed by atoms with Crippen LogP contribution in [0.2, 0.25) is 5.02 Å². The molecule has 0 fully saturated rings. The van der Waals surface area contributed by atoms with E-state index in [2.05, 4.69) is 15.1 Å². The second-order valence-electron chi connectivity index (χ2n) is 4.62. The number of halogens is 1. The number of carboxylic acids is 1. The molecule has 2 aromatic heterocycles. The van der Waals surface area contributed by atoms with Gasteiger partial charge in [-0.05, 0) is 19.1 Å². The number of hydrogen-bond donors (Lipinski definition) is 1. The molecule has 0 radical (unpaired) electrons. The minimum atomic E-state index is -1.00. The lowest BCUT2D eigenvalue weighted by molar-refractivity contribution is -0.138. The summed E-state index contributed by atoms with van der Waals surface area (Å²) >= 11 is 5.88. The Labute approximate surface area is 130 Å². The van der Waals surface area contributed by atoms with E-state index in [1.54, 1.807) is 24.3 Å². The van der Waals surface area contributed by atoms with Crippen molar-refractivity contribution in [2.24, 2.45) is 0 Å². The highest BCUT2D eigenvalue weighted by atomic mass is 35.5. The van der Waals surface area contributed by atoms with Gasteiger partial charge in [-0.1, -0.05) is 23.7 Å². The average Bonchev–Trinajstić information content (AvgIpc) is 3.16. The minimum Gasteiger partial charge on any atom is -0.481 e. The summed E-state index contributed by atoms with van der Waals surface area (Å²) in [6, 6.07) is 7.07. The van der Waals surface area contributed by atoms with Gasteiger partial charge in [0.1, 0.15) is 30.0 Å². The zero-order valence-electron chi connectivity index (χ0n) is 11.5. The fourth-order valence-electron chi connectivity index (χ4n) is 1.95. The highest BCUT2D eigenvalue weighted by molar-refractivity contribution is 6.30. The van der Waals surface area contributed by atoms with Crippen LogP contribution in [-0.2, 0) is 4.79 Å². The van der Waals surface area contributed by atoms with E-state index in [-0.39, 0.29) is 11.8 Å². The van der Waals surface area contributed by atoms with Crippen LogP contribution in [0.3, 0.4) is 0 Å². The van der Waals surface area contributed by atoms with Gasteiger partial charge in [0.2, 0.25) is 0 Å². The summed E-state index contributed by atoms with van der Waals surface area (Å²) in [4.78, 5) is 19.5. The molecular weight excluding hydrogens is 308 g/mol. The van der Waals surface area contributed by atoms with E-state index in [1.165, 1.54) is 24.3 Å². The third-order valence-corrected chi connectivity index (χ3v) is 3.39. The van der Waals surface area contributed by atoms with Crippen molar-refractivity contribution in [2.75, 3.05) is 0 Å². The van der Waals surface area contributed by atoms with Gasteiger partial charge in [-0.15, -0.1) is 0 Å². The molecule has 1 aromatic carbocycles. The summed E-state index contributed by atoms with van der Waals surface area (Å²) in [6.45, 7) is 1.54. The molecule has 3 aromatic rings. The van der Waals surface area contributed by atoms with Crippen molar-refractivity contribution in [2.45, 2.75) is 12.8 Å². The van der Waals surface area contributed by atoms with Gasteiger partial charge in [-0.2, -0.15) is 14.8 Å². The molecule has 0 saturated heterocycles. The van der Waals surface area contributed by atoms with E-state index in [0.29, 0.717) is 16.3 Å². The summed E-state index contributed by atoms with van der Waals surface area (Å²) < 4.78 is 6.93. The van der Waals surface area contributed by atoms with E-state index in [4.69, 9.17) is 16.0 Å². The van der Waals surface area contributed by atoms with Crippen molar-refractivity contribution in [3.63, 3.8) is 0 Å². The third kappa shape index (κ3) is 2.58. The first-order valence-corrected chi connectivity index (χ1v) is 6.78. The molecule has 22 heavy (non-hydrogen) atoms. The Hall–Kier alpha value is -2.67. The first kappa shape index (κ1) is 14.3. The van der Waals surface area contributed by atoms with Crippen LogP contribution >= 0.6 is 11.6 Å². The number of rotatable bonds is 4. The predicted octanol–water partition coefficient (Wildman–Crippen LogP) is 2.76. The Bertz CT molecular complexity index is 796. The topological polar surface area (TPSA) is 94.0 Å². The predicted molar refractivity (Wildman–Crippen MR) is 77.9 cm³/mol. The molecule has 0 saturated carbocycles. The highest BCUT2D eigenvalue weighted by Crippen LogP contribution is 2.31. The summed E-state index contributed by atoms with van der Waals surface area (Å²) in [5, 5.41) is 13.8. The standard InChI is InChI=1S/C14H11ClN4O3/c1-8(13(20)21)12-11(9-2-4-10(15)5-3-9)18-14(22-12)19-7-16-6-17-19/h2-8H,1H3,(H,20,21). The molecule has 0 amide bonds. The first-order valence-electron chi connectivity index (χ1n) is 6.40. The number of nitrogens with zero attached hydrogens (tertiary/aromatic N) is 4. The lowest BCUT2D eigenvalue weighted by atomic mass is 10.0. The smallest absolute Gasteiger partial charge is 0.325 e. The van der Waals surface area contributed by atoms with E-state index in [9.17, 15) is 9.90 Å². The number of benzene rings is 1. The van der Waals surface area contributed by atoms with Crippen LogP contribution in [0.4, 0.5) is 0 Å². The normalized spacial score (nSPS) is 12.3. The second-order valence-corrected chi connectivity index (χ2v) is 5.05. The molecule has 8 heteroatoms. The van der Waals surface area contributed by atoms with Gasteiger partial charge in [-0.25, -0.2) is 4.98 Å². The van der Waals surface area contributed by atoms with E-state index in [1.807, 2.05) is 0 Å². The summed E-state index contributed by atoms with van der Waals surface area (Å²) in [6.07, 6.45) is 2.76. The van der Waals surface area contributed by atoms with Gasteiger partial charge in [0, 0.05) is 10.6 Å². The fraction of sp³-hybridized carbons (Fsp3) is 0.143. The molecule has 3 rings (SSSR count). The van der Waals surface area contributed by atoms with Crippen LogP contribution in [0, 0.1) is 0 Å². The van der Waals surface area contributed by atoms with Gasteiger partial charge >= 0.3 is 12.0 Å². The Balaban J connectivity index is 2.14. The quantitative estimate of drug-likeness (QED) is 0.795. The number of hydrogen-bond acceptors (Lipinski definition) is 5. The Morgan fingerprint density at radius 2 is 2.09 bits per heavy atom. The maximum absolute atomic E-state index is 11.3. The zero-order valence-corrected chi connectivity index (χ0v) is 12.2. The molecule has 0 aliphatic carbocycles. The van der Waals surface area contributed by atoms with Crippen molar-refractivity contribution >= 4 is 17.6 Å². The molecule has 1 unspecified atom stereocenters. The third-order valence-electron chi connectivity index (χ3n) is 3.14. The van der Waals surface area contributed by atoms with Crippen LogP contribution < -0.4 is 0 Å². The molecule has 0 aliphatic heterocycles. The second kappa shape index (κ2) is 5.61. The summed E-state index contributed by atoms with van der Waals surface area (Å²) in [5.74, 6) is -1.60. The number of carbonyl (C=O) groups is 1. The van der Waals surface area contributed by atoms with Gasteiger partial charge < -0.3 is 9.52 Å². The Kier molecular flexibility index (Phi) is 3.64. The fourth-order valence-corrected chi connectivity index (χ4v) is 2.07. The number of aliphatic carboxylic acids is 1. The molecule has 0 bridgehead atoms.